The molecule has 0 aliphatic carbocycles. The van der Waals surface area contributed by atoms with E-state index in [0.717, 1.165) is 12.2 Å². The summed E-state index contributed by atoms with van der Waals surface area (Å²) in [6.45, 7) is 6.47. The molecule has 1 atom stereocenters. The lowest BCUT2D eigenvalue weighted by Gasteiger charge is -2.14. The summed E-state index contributed by atoms with van der Waals surface area (Å²) in [5.41, 5.74) is 8.02. The van der Waals surface area contributed by atoms with E-state index in [0.29, 0.717) is 6.04 Å². The van der Waals surface area contributed by atoms with Crippen LogP contribution in [0, 0.1) is 20.8 Å². The van der Waals surface area contributed by atoms with E-state index in [-0.39, 0.29) is 0 Å². The Hall–Kier alpha value is -1.96. The third kappa shape index (κ3) is 2.05. The van der Waals surface area contributed by atoms with E-state index in [1.807, 2.05) is 0 Å². The molecule has 2 nitrogen and oxygen atoms in total. The minimum absolute atomic E-state index is 0.370. The maximum atomic E-state index is 5.34. The Bertz CT molecular complexity index is 630. The van der Waals surface area contributed by atoms with E-state index in [1.165, 1.54) is 33.5 Å². The zero-order valence-electron chi connectivity index (χ0n) is 12.6. The Morgan fingerprint density at radius 3 is 2.40 bits per heavy atom. The molecular formula is C18H21NO. The fourth-order valence-corrected chi connectivity index (χ4v) is 3.08. The van der Waals surface area contributed by atoms with Crippen molar-refractivity contribution in [2.75, 3.05) is 12.4 Å². The summed E-state index contributed by atoms with van der Waals surface area (Å²) in [4.78, 5) is 0. The number of nitrogens with one attached hydrogen (secondary N) is 1. The number of ether oxygens (including phenoxy) is 1. The SMILES string of the molecule is COc1ccc(C2Cc3c(C)ccc(C)c3N2)cc1C. The first-order chi connectivity index (χ1) is 9.60. The second-order valence-electron chi connectivity index (χ2n) is 5.68. The second-order valence-corrected chi connectivity index (χ2v) is 5.68. The van der Waals surface area contributed by atoms with Crippen LogP contribution >= 0.6 is 0 Å². The van der Waals surface area contributed by atoms with Crippen LogP contribution in [0.2, 0.25) is 0 Å². The fraction of sp³-hybridized carbons (Fsp3) is 0.333. The quantitative estimate of drug-likeness (QED) is 0.874. The van der Waals surface area contributed by atoms with Gasteiger partial charge in [-0.25, -0.2) is 0 Å². The highest BCUT2D eigenvalue weighted by Crippen LogP contribution is 2.38. The minimum atomic E-state index is 0.370. The average Bonchev–Trinajstić information content (AvgIpc) is 2.89. The van der Waals surface area contributed by atoms with Crippen molar-refractivity contribution in [2.45, 2.75) is 33.2 Å². The number of hydrogen-bond acceptors (Lipinski definition) is 2. The van der Waals surface area contributed by atoms with Crippen LogP contribution in [0.15, 0.2) is 30.3 Å². The van der Waals surface area contributed by atoms with Crippen LogP contribution < -0.4 is 10.1 Å². The maximum absolute atomic E-state index is 5.34. The highest BCUT2D eigenvalue weighted by atomic mass is 16.5. The predicted molar refractivity (Wildman–Crippen MR) is 83.7 cm³/mol. The standard InChI is InChI=1S/C18H21NO/c1-11-5-6-12(2)18-15(11)10-16(19-18)14-7-8-17(20-4)13(3)9-14/h5-9,16,19H,10H2,1-4H3. The second kappa shape index (κ2) is 4.86. The molecule has 0 bridgehead atoms. The molecule has 0 aromatic heterocycles. The normalized spacial score (nSPS) is 16.7. The Labute approximate surface area is 120 Å². The topological polar surface area (TPSA) is 21.3 Å². The first-order valence-corrected chi connectivity index (χ1v) is 7.10. The Balaban J connectivity index is 1.94. The van der Waals surface area contributed by atoms with Crippen molar-refractivity contribution in [1.82, 2.24) is 0 Å². The van der Waals surface area contributed by atoms with Gasteiger partial charge in [-0.1, -0.05) is 24.3 Å². The number of hydrogen-bond donors (Lipinski definition) is 1. The Morgan fingerprint density at radius 2 is 1.75 bits per heavy atom. The molecule has 0 radical (unpaired) electrons. The third-order valence-electron chi connectivity index (χ3n) is 4.30. The van der Waals surface area contributed by atoms with E-state index in [1.54, 1.807) is 7.11 Å². The number of methoxy groups -OCH3 is 1. The van der Waals surface area contributed by atoms with Crippen LogP contribution in [0.1, 0.15) is 33.9 Å². The maximum Gasteiger partial charge on any atom is 0.121 e. The van der Waals surface area contributed by atoms with Crippen LogP contribution in [0.3, 0.4) is 0 Å². The zero-order chi connectivity index (χ0) is 14.3. The third-order valence-corrected chi connectivity index (χ3v) is 4.30. The van der Waals surface area contributed by atoms with E-state index in [2.05, 4.69) is 56.4 Å². The molecule has 1 heterocycles. The molecule has 20 heavy (non-hydrogen) atoms. The molecule has 1 aliphatic rings. The smallest absolute Gasteiger partial charge is 0.121 e. The molecule has 1 aliphatic heterocycles. The summed E-state index contributed by atoms with van der Waals surface area (Å²) in [5, 5.41) is 3.68. The predicted octanol–water partition coefficient (Wildman–Crippen LogP) is 4.33. The summed E-state index contributed by atoms with van der Waals surface area (Å²) in [5.74, 6) is 0.955. The number of rotatable bonds is 2. The molecule has 3 rings (SSSR count). The van der Waals surface area contributed by atoms with Crippen molar-refractivity contribution >= 4 is 5.69 Å². The lowest BCUT2D eigenvalue weighted by molar-refractivity contribution is 0.411. The van der Waals surface area contributed by atoms with Gasteiger partial charge in [0.2, 0.25) is 0 Å². The number of fused-ring (bicyclic) bond motifs is 1. The van der Waals surface area contributed by atoms with Crippen molar-refractivity contribution < 1.29 is 4.74 Å². The van der Waals surface area contributed by atoms with Crippen LogP contribution in [0.5, 0.6) is 5.75 Å². The Kier molecular flexibility index (Phi) is 3.17. The molecule has 0 saturated heterocycles. The molecule has 0 fully saturated rings. The molecule has 0 amide bonds. The summed E-state index contributed by atoms with van der Waals surface area (Å²) < 4.78 is 5.34. The van der Waals surface area contributed by atoms with Crippen LogP contribution in [0.25, 0.3) is 0 Å². The minimum Gasteiger partial charge on any atom is -0.496 e. The van der Waals surface area contributed by atoms with Gasteiger partial charge < -0.3 is 10.1 Å². The van der Waals surface area contributed by atoms with Gasteiger partial charge in [0, 0.05) is 5.69 Å². The number of benzene rings is 2. The van der Waals surface area contributed by atoms with Crippen LogP contribution in [0.4, 0.5) is 5.69 Å². The van der Waals surface area contributed by atoms with Crippen molar-refractivity contribution in [1.29, 1.82) is 0 Å². The van der Waals surface area contributed by atoms with Crippen LogP contribution in [-0.4, -0.2) is 7.11 Å². The van der Waals surface area contributed by atoms with Crippen molar-refractivity contribution in [3.8, 4) is 5.75 Å². The molecule has 2 aromatic rings. The molecule has 0 saturated carbocycles. The lowest BCUT2D eigenvalue weighted by Crippen LogP contribution is -2.06. The van der Waals surface area contributed by atoms with Gasteiger partial charge in [-0.15, -0.1) is 0 Å². The van der Waals surface area contributed by atoms with E-state index < -0.39 is 0 Å². The highest BCUT2D eigenvalue weighted by Gasteiger charge is 2.25. The highest BCUT2D eigenvalue weighted by molar-refractivity contribution is 5.65. The fourth-order valence-electron chi connectivity index (χ4n) is 3.08. The monoisotopic (exact) mass is 267 g/mol. The molecular weight excluding hydrogens is 246 g/mol. The van der Waals surface area contributed by atoms with E-state index in [9.17, 15) is 0 Å². The Morgan fingerprint density at radius 1 is 1.00 bits per heavy atom. The number of aryl methyl sites for hydroxylation is 3. The summed E-state index contributed by atoms with van der Waals surface area (Å²) in [7, 11) is 1.72. The van der Waals surface area contributed by atoms with Crippen LogP contribution in [-0.2, 0) is 6.42 Å². The van der Waals surface area contributed by atoms with E-state index in [4.69, 9.17) is 4.74 Å². The van der Waals surface area contributed by atoms with Gasteiger partial charge in [0.15, 0.2) is 0 Å². The largest absolute Gasteiger partial charge is 0.496 e. The van der Waals surface area contributed by atoms with E-state index >= 15 is 0 Å². The molecule has 2 heteroatoms. The van der Waals surface area contributed by atoms with Gasteiger partial charge >= 0.3 is 0 Å². The van der Waals surface area contributed by atoms with Gasteiger partial charge in [-0.3, -0.25) is 0 Å². The van der Waals surface area contributed by atoms with Crippen molar-refractivity contribution in [2.24, 2.45) is 0 Å². The lowest BCUT2D eigenvalue weighted by atomic mass is 9.97. The van der Waals surface area contributed by atoms with Crippen molar-refractivity contribution in [3.63, 3.8) is 0 Å². The van der Waals surface area contributed by atoms with Gasteiger partial charge in [-0.2, -0.15) is 0 Å². The van der Waals surface area contributed by atoms with Gasteiger partial charge in [0.25, 0.3) is 0 Å². The average molecular weight is 267 g/mol. The number of anilines is 1. The first-order valence-electron chi connectivity index (χ1n) is 7.10. The molecule has 104 valence electrons. The van der Waals surface area contributed by atoms with Gasteiger partial charge in [0.05, 0.1) is 13.2 Å². The first kappa shape index (κ1) is 13.0. The van der Waals surface area contributed by atoms with Gasteiger partial charge in [-0.05, 0) is 61.1 Å². The van der Waals surface area contributed by atoms with Gasteiger partial charge in [0.1, 0.15) is 5.75 Å². The molecule has 1 unspecified atom stereocenters. The zero-order valence-corrected chi connectivity index (χ0v) is 12.6. The summed E-state index contributed by atoms with van der Waals surface area (Å²) >= 11 is 0. The summed E-state index contributed by atoms with van der Waals surface area (Å²) in [6.07, 6.45) is 1.06. The summed E-state index contributed by atoms with van der Waals surface area (Å²) in [6, 6.07) is 11.2. The molecule has 0 spiro atoms. The molecule has 1 N–H and O–H groups in total. The van der Waals surface area contributed by atoms with Crippen molar-refractivity contribution in [3.05, 3.63) is 58.1 Å². The molecule has 2 aromatic carbocycles.